The molecule has 10 N–H and O–H groups in total. The number of aliphatic carboxylic acids is 2. The Morgan fingerprint density at radius 1 is 0.895 bits per heavy atom. The summed E-state index contributed by atoms with van der Waals surface area (Å²) < 4.78 is 0. The molecule has 1 aromatic carbocycles. The molecule has 206 valence electrons. The number of aliphatic hydroxyl groups is 1. The monoisotopic (exact) mass is 534 g/mol. The minimum absolute atomic E-state index is 0.0362. The summed E-state index contributed by atoms with van der Waals surface area (Å²) in [4.78, 5) is 67.1. The zero-order valence-corrected chi connectivity index (χ0v) is 20.2. The van der Waals surface area contributed by atoms with Crippen LogP contribution in [-0.2, 0) is 36.8 Å². The molecule has 4 atom stereocenters. The number of H-pyrrole nitrogens is 1. The van der Waals surface area contributed by atoms with Crippen LogP contribution in [0.2, 0.25) is 0 Å². The second-order valence-electron chi connectivity index (χ2n) is 8.39. The zero-order chi connectivity index (χ0) is 28.2. The zero-order valence-electron chi connectivity index (χ0n) is 20.2. The summed E-state index contributed by atoms with van der Waals surface area (Å²) in [7, 11) is 0. The molecular weight excluding hydrogens is 504 g/mol. The van der Waals surface area contributed by atoms with E-state index in [0.717, 1.165) is 0 Å². The van der Waals surface area contributed by atoms with Gasteiger partial charge in [-0.1, -0.05) is 12.1 Å². The van der Waals surface area contributed by atoms with Gasteiger partial charge in [0, 0.05) is 24.7 Å². The number of nitrogens with zero attached hydrogens (tertiary/aromatic N) is 1. The highest BCUT2D eigenvalue weighted by molar-refractivity contribution is 5.94. The second kappa shape index (κ2) is 14.3. The van der Waals surface area contributed by atoms with Crippen molar-refractivity contribution in [3.8, 4) is 5.75 Å². The fourth-order valence-corrected chi connectivity index (χ4v) is 3.35. The number of rotatable bonds is 15. The lowest BCUT2D eigenvalue weighted by Crippen LogP contribution is -2.58. The van der Waals surface area contributed by atoms with Gasteiger partial charge in [-0.05, 0) is 30.5 Å². The minimum atomic E-state index is -1.54. The van der Waals surface area contributed by atoms with Crippen molar-refractivity contribution in [2.24, 2.45) is 5.73 Å². The molecule has 0 bridgehead atoms. The van der Waals surface area contributed by atoms with Crippen molar-refractivity contribution in [1.29, 1.82) is 0 Å². The SMILES string of the molecule is NC(Cc1ccc(O)cc1)C(=O)NC(CO)C(=O)NC(Cc1cnc[nH]1)C(=O)NC(CCC(=O)O)C(=O)O. The normalized spacial score (nSPS) is 13.9. The Balaban J connectivity index is 2.08. The van der Waals surface area contributed by atoms with E-state index in [2.05, 4.69) is 25.9 Å². The predicted molar refractivity (Wildman–Crippen MR) is 129 cm³/mol. The van der Waals surface area contributed by atoms with Crippen molar-refractivity contribution < 1.29 is 44.4 Å². The number of carboxylic acid groups (broad SMARTS) is 2. The van der Waals surface area contributed by atoms with E-state index in [-0.39, 0.29) is 18.6 Å². The van der Waals surface area contributed by atoms with E-state index < -0.39 is 73.3 Å². The average molecular weight is 535 g/mol. The lowest BCUT2D eigenvalue weighted by Gasteiger charge is -2.24. The highest BCUT2D eigenvalue weighted by Crippen LogP contribution is 2.11. The van der Waals surface area contributed by atoms with Crippen LogP contribution in [0.3, 0.4) is 0 Å². The molecule has 0 spiro atoms. The summed E-state index contributed by atoms with van der Waals surface area (Å²) in [5.41, 5.74) is 6.95. The number of nitrogens with one attached hydrogen (secondary N) is 4. The molecule has 0 aliphatic heterocycles. The van der Waals surface area contributed by atoms with Crippen LogP contribution in [0, 0.1) is 0 Å². The van der Waals surface area contributed by atoms with Crippen LogP contribution in [0.4, 0.5) is 0 Å². The van der Waals surface area contributed by atoms with Crippen molar-refractivity contribution in [3.63, 3.8) is 0 Å². The molecule has 0 radical (unpaired) electrons. The first-order valence-electron chi connectivity index (χ1n) is 11.5. The van der Waals surface area contributed by atoms with E-state index in [1.165, 1.54) is 24.7 Å². The van der Waals surface area contributed by atoms with Gasteiger partial charge in [0.1, 0.15) is 23.9 Å². The van der Waals surface area contributed by atoms with E-state index in [0.29, 0.717) is 11.3 Å². The number of carbonyl (C=O) groups is 5. The number of carbonyl (C=O) groups excluding carboxylic acids is 3. The lowest BCUT2D eigenvalue weighted by molar-refractivity contribution is -0.143. The Labute approximate surface area is 216 Å². The Hall–Kier alpha value is -4.50. The highest BCUT2D eigenvalue weighted by Gasteiger charge is 2.30. The van der Waals surface area contributed by atoms with Crippen molar-refractivity contribution in [3.05, 3.63) is 48.0 Å². The fourth-order valence-electron chi connectivity index (χ4n) is 3.35. The van der Waals surface area contributed by atoms with Crippen LogP contribution in [0.15, 0.2) is 36.8 Å². The van der Waals surface area contributed by atoms with Gasteiger partial charge in [0.05, 0.1) is 19.0 Å². The van der Waals surface area contributed by atoms with Crippen LogP contribution in [0.5, 0.6) is 5.75 Å². The molecule has 1 aromatic heterocycles. The Kier molecular flexibility index (Phi) is 11.2. The molecular formula is C23H30N6O9. The van der Waals surface area contributed by atoms with Gasteiger partial charge >= 0.3 is 11.9 Å². The fraction of sp³-hybridized carbons (Fsp3) is 0.391. The Bertz CT molecular complexity index is 1110. The van der Waals surface area contributed by atoms with Gasteiger partial charge in [0.25, 0.3) is 0 Å². The highest BCUT2D eigenvalue weighted by atomic mass is 16.4. The number of benzene rings is 1. The molecule has 4 unspecified atom stereocenters. The van der Waals surface area contributed by atoms with Gasteiger partial charge in [-0.3, -0.25) is 19.2 Å². The lowest BCUT2D eigenvalue weighted by atomic mass is 10.1. The molecule has 0 aliphatic carbocycles. The quantitative estimate of drug-likeness (QED) is 0.117. The van der Waals surface area contributed by atoms with Crippen LogP contribution in [0.25, 0.3) is 0 Å². The first-order chi connectivity index (χ1) is 18.0. The number of aromatic nitrogens is 2. The number of nitrogens with two attached hydrogens (primary N) is 1. The van der Waals surface area contributed by atoms with Crippen molar-refractivity contribution >= 4 is 29.7 Å². The standard InChI is InChI=1S/C23H30N6O9/c24-15(7-12-1-3-14(31)4-2-12)20(34)29-18(10-30)22(36)28-17(8-13-9-25-11-26-13)21(35)27-16(23(37)38)5-6-19(32)33/h1-4,9,11,15-18,30-31H,5-8,10,24H2,(H,25,26)(H,27,35)(H,28,36)(H,29,34)(H,32,33)(H,37,38). The van der Waals surface area contributed by atoms with Crippen molar-refractivity contribution in [1.82, 2.24) is 25.9 Å². The van der Waals surface area contributed by atoms with Crippen LogP contribution in [0.1, 0.15) is 24.1 Å². The van der Waals surface area contributed by atoms with Crippen molar-refractivity contribution in [2.75, 3.05) is 6.61 Å². The number of hydrogen-bond donors (Lipinski definition) is 9. The summed E-state index contributed by atoms with van der Waals surface area (Å²) >= 11 is 0. The Morgan fingerprint density at radius 2 is 1.50 bits per heavy atom. The molecule has 0 saturated heterocycles. The van der Waals surface area contributed by atoms with Gasteiger partial charge < -0.3 is 47.1 Å². The molecule has 3 amide bonds. The van der Waals surface area contributed by atoms with Crippen LogP contribution < -0.4 is 21.7 Å². The number of hydrogen-bond acceptors (Lipinski definition) is 9. The molecule has 38 heavy (non-hydrogen) atoms. The van der Waals surface area contributed by atoms with E-state index >= 15 is 0 Å². The third-order valence-corrected chi connectivity index (χ3v) is 5.42. The summed E-state index contributed by atoms with van der Waals surface area (Å²) in [6.07, 6.45) is 1.70. The van der Waals surface area contributed by atoms with Gasteiger partial charge in [-0.25, -0.2) is 9.78 Å². The molecule has 1 heterocycles. The topological polar surface area (TPSA) is 257 Å². The number of carboxylic acids is 2. The maximum atomic E-state index is 12.9. The van der Waals surface area contributed by atoms with E-state index in [4.69, 9.17) is 10.8 Å². The molecule has 2 aromatic rings. The molecule has 15 heteroatoms. The number of phenolic OH excluding ortho intramolecular Hbond substituents is 1. The first-order valence-corrected chi connectivity index (χ1v) is 11.5. The molecule has 15 nitrogen and oxygen atoms in total. The number of phenols is 1. The summed E-state index contributed by atoms with van der Waals surface area (Å²) in [6.45, 7) is -0.835. The van der Waals surface area contributed by atoms with Crippen LogP contribution in [-0.4, -0.2) is 90.8 Å². The van der Waals surface area contributed by atoms with Crippen molar-refractivity contribution in [2.45, 2.75) is 49.9 Å². The summed E-state index contributed by atoms with van der Waals surface area (Å²) in [6, 6.07) is 0.480. The number of aromatic hydroxyl groups is 1. The molecule has 2 rings (SSSR count). The van der Waals surface area contributed by atoms with E-state index in [1.807, 2.05) is 0 Å². The average Bonchev–Trinajstić information content (AvgIpc) is 3.38. The largest absolute Gasteiger partial charge is 0.508 e. The van der Waals surface area contributed by atoms with E-state index in [1.54, 1.807) is 12.1 Å². The smallest absolute Gasteiger partial charge is 0.326 e. The summed E-state index contributed by atoms with van der Waals surface area (Å²) in [5, 5.41) is 44.1. The number of aliphatic hydroxyl groups excluding tert-OH is 1. The third kappa shape index (κ3) is 9.51. The van der Waals surface area contributed by atoms with Gasteiger partial charge in [0.2, 0.25) is 17.7 Å². The number of amides is 3. The maximum Gasteiger partial charge on any atom is 0.326 e. The molecule has 0 fully saturated rings. The second-order valence-corrected chi connectivity index (χ2v) is 8.39. The van der Waals surface area contributed by atoms with Gasteiger partial charge in [-0.15, -0.1) is 0 Å². The number of aromatic amines is 1. The molecule has 0 aliphatic rings. The third-order valence-electron chi connectivity index (χ3n) is 5.42. The van der Waals surface area contributed by atoms with E-state index in [9.17, 15) is 39.3 Å². The summed E-state index contributed by atoms with van der Waals surface area (Å²) in [5.74, 6) is -5.32. The maximum absolute atomic E-state index is 12.9. The van der Waals surface area contributed by atoms with Gasteiger partial charge in [0.15, 0.2) is 0 Å². The number of imidazole rings is 1. The first kappa shape index (κ1) is 29.7. The molecule has 0 saturated carbocycles. The minimum Gasteiger partial charge on any atom is -0.508 e. The Morgan fingerprint density at radius 3 is 2.05 bits per heavy atom. The van der Waals surface area contributed by atoms with Gasteiger partial charge in [-0.2, -0.15) is 0 Å². The van der Waals surface area contributed by atoms with Crippen LogP contribution >= 0.6 is 0 Å². The predicted octanol–water partition coefficient (Wildman–Crippen LogP) is -2.38.